The molecule has 22 heavy (non-hydrogen) atoms. The fourth-order valence-corrected chi connectivity index (χ4v) is 2.91. The second kappa shape index (κ2) is 5.81. The van der Waals surface area contributed by atoms with E-state index in [2.05, 4.69) is 21.1 Å². The Hall–Kier alpha value is -2.34. The van der Waals surface area contributed by atoms with Gasteiger partial charge in [-0.15, -0.1) is 4.91 Å². The van der Waals surface area contributed by atoms with Gasteiger partial charge in [0, 0.05) is 15.4 Å². The van der Waals surface area contributed by atoms with Crippen molar-refractivity contribution in [2.75, 3.05) is 7.11 Å². The molecule has 0 spiro atoms. The van der Waals surface area contributed by atoms with Crippen LogP contribution in [0.5, 0.6) is 11.6 Å². The molecule has 3 aromatic rings. The largest absolute Gasteiger partial charge is 0.496 e. The van der Waals surface area contributed by atoms with Gasteiger partial charge in [0.25, 0.3) is 0 Å². The van der Waals surface area contributed by atoms with Gasteiger partial charge < -0.3 is 14.4 Å². The van der Waals surface area contributed by atoms with Crippen molar-refractivity contribution >= 4 is 32.5 Å². The van der Waals surface area contributed by atoms with Crippen molar-refractivity contribution in [2.45, 2.75) is 6.54 Å². The summed E-state index contributed by atoms with van der Waals surface area (Å²) < 4.78 is 7.80. The number of ether oxygens (including phenoxy) is 1. The molecule has 0 saturated carbocycles. The van der Waals surface area contributed by atoms with Gasteiger partial charge in [-0.25, -0.2) is 0 Å². The second-order valence-electron chi connectivity index (χ2n) is 4.82. The molecule has 2 aromatic carbocycles. The Balaban J connectivity index is 2.19. The second-order valence-corrected chi connectivity index (χ2v) is 5.74. The number of hydrogen-bond acceptors (Lipinski definition) is 4. The van der Waals surface area contributed by atoms with Crippen LogP contribution in [0.3, 0.4) is 0 Å². The number of nitrogens with zero attached hydrogens (tertiary/aromatic N) is 2. The summed E-state index contributed by atoms with van der Waals surface area (Å²) in [5.41, 5.74) is 1.69. The van der Waals surface area contributed by atoms with E-state index in [1.54, 1.807) is 17.7 Å². The molecule has 1 heterocycles. The minimum Gasteiger partial charge on any atom is -0.496 e. The van der Waals surface area contributed by atoms with Crippen LogP contribution in [0.2, 0.25) is 0 Å². The fourth-order valence-electron chi connectivity index (χ4n) is 2.55. The SMILES string of the molecule is COc1ccccc1Cn1c(O)c(N=O)c2cc(Br)ccc21. The number of nitroso groups, excluding NO2 is 1. The minimum absolute atomic E-state index is 0.0474. The number of halogens is 1. The Kier molecular flexibility index (Phi) is 3.85. The van der Waals surface area contributed by atoms with E-state index in [0.29, 0.717) is 11.9 Å². The van der Waals surface area contributed by atoms with E-state index >= 15 is 0 Å². The van der Waals surface area contributed by atoms with Gasteiger partial charge in [-0.2, -0.15) is 0 Å². The van der Waals surface area contributed by atoms with Crippen molar-refractivity contribution < 1.29 is 9.84 Å². The normalized spacial score (nSPS) is 10.8. The third-order valence-corrected chi connectivity index (χ3v) is 4.08. The highest BCUT2D eigenvalue weighted by Gasteiger charge is 2.18. The average Bonchev–Trinajstić information content (AvgIpc) is 2.79. The molecule has 0 unspecified atom stereocenters. The lowest BCUT2D eigenvalue weighted by Crippen LogP contribution is -2.01. The number of methoxy groups -OCH3 is 1. The molecule has 0 saturated heterocycles. The molecule has 3 rings (SSSR count). The summed E-state index contributed by atoms with van der Waals surface area (Å²) in [6, 6.07) is 13.0. The lowest BCUT2D eigenvalue weighted by atomic mass is 10.2. The molecule has 1 N–H and O–H groups in total. The van der Waals surface area contributed by atoms with Gasteiger partial charge >= 0.3 is 0 Å². The van der Waals surface area contributed by atoms with Gasteiger partial charge in [0.1, 0.15) is 5.75 Å². The Morgan fingerprint density at radius 2 is 2.05 bits per heavy atom. The Morgan fingerprint density at radius 1 is 1.27 bits per heavy atom. The van der Waals surface area contributed by atoms with Crippen molar-refractivity contribution in [3.8, 4) is 11.6 Å². The molecule has 0 aliphatic heterocycles. The van der Waals surface area contributed by atoms with E-state index in [9.17, 15) is 10.0 Å². The summed E-state index contributed by atoms with van der Waals surface area (Å²) in [7, 11) is 1.60. The summed E-state index contributed by atoms with van der Waals surface area (Å²) in [6.45, 7) is 0.378. The first-order chi connectivity index (χ1) is 10.7. The highest BCUT2D eigenvalue weighted by molar-refractivity contribution is 9.10. The van der Waals surface area contributed by atoms with E-state index in [-0.39, 0.29) is 11.6 Å². The van der Waals surface area contributed by atoms with Crippen LogP contribution >= 0.6 is 15.9 Å². The van der Waals surface area contributed by atoms with E-state index < -0.39 is 0 Å². The molecule has 0 aliphatic rings. The van der Waals surface area contributed by atoms with E-state index in [4.69, 9.17) is 4.74 Å². The van der Waals surface area contributed by atoms with Crippen LogP contribution in [-0.4, -0.2) is 16.8 Å². The van der Waals surface area contributed by atoms with Crippen molar-refractivity contribution in [3.63, 3.8) is 0 Å². The summed E-state index contributed by atoms with van der Waals surface area (Å²) in [5, 5.41) is 13.9. The van der Waals surface area contributed by atoms with Crippen LogP contribution in [0, 0.1) is 4.91 Å². The fraction of sp³-hybridized carbons (Fsp3) is 0.125. The Bertz CT molecular complexity index is 858. The summed E-state index contributed by atoms with van der Waals surface area (Å²) in [6.07, 6.45) is 0. The maximum absolute atomic E-state index is 11.1. The van der Waals surface area contributed by atoms with Crippen molar-refractivity contribution in [3.05, 3.63) is 57.4 Å². The van der Waals surface area contributed by atoms with E-state index in [1.165, 1.54) is 0 Å². The van der Waals surface area contributed by atoms with Gasteiger partial charge in [-0.05, 0) is 29.4 Å². The number of para-hydroxylation sites is 1. The van der Waals surface area contributed by atoms with Crippen LogP contribution in [-0.2, 0) is 6.54 Å². The van der Waals surface area contributed by atoms with Gasteiger partial charge in [-0.3, -0.25) is 0 Å². The maximum Gasteiger partial charge on any atom is 0.222 e. The highest BCUT2D eigenvalue weighted by atomic mass is 79.9. The number of aromatic hydroxyl groups is 1. The van der Waals surface area contributed by atoms with Crippen molar-refractivity contribution in [2.24, 2.45) is 5.18 Å². The molecule has 0 atom stereocenters. The molecule has 0 aliphatic carbocycles. The zero-order valence-electron chi connectivity index (χ0n) is 11.8. The Morgan fingerprint density at radius 3 is 2.77 bits per heavy atom. The Labute approximate surface area is 135 Å². The number of rotatable bonds is 4. The predicted molar refractivity (Wildman–Crippen MR) is 88.9 cm³/mol. The third kappa shape index (κ3) is 2.35. The molecule has 6 heteroatoms. The van der Waals surface area contributed by atoms with Gasteiger partial charge in [0.05, 0.1) is 19.2 Å². The monoisotopic (exact) mass is 360 g/mol. The summed E-state index contributed by atoms with van der Waals surface area (Å²) in [4.78, 5) is 11.1. The molecule has 0 fully saturated rings. The van der Waals surface area contributed by atoms with E-state index in [0.717, 1.165) is 21.3 Å². The molecule has 0 radical (unpaired) electrons. The smallest absolute Gasteiger partial charge is 0.222 e. The quantitative estimate of drug-likeness (QED) is 0.693. The predicted octanol–water partition coefficient (Wildman–Crippen LogP) is 4.56. The zero-order chi connectivity index (χ0) is 15.7. The standard InChI is InChI=1S/C16H13BrN2O3/c1-22-14-5-3-2-4-10(14)9-19-13-7-6-11(17)8-12(13)15(18-21)16(19)20/h2-8,20H,9H2,1H3. The van der Waals surface area contributed by atoms with Crippen molar-refractivity contribution in [1.29, 1.82) is 0 Å². The molecular weight excluding hydrogens is 348 g/mol. The molecular formula is C16H13BrN2O3. The molecule has 112 valence electrons. The lowest BCUT2D eigenvalue weighted by molar-refractivity contribution is 0.403. The lowest BCUT2D eigenvalue weighted by Gasteiger charge is -2.11. The van der Waals surface area contributed by atoms with E-state index in [1.807, 2.05) is 36.4 Å². The zero-order valence-corrected chi connectivity index (χ0v) is 13.4. The summed E-state index contributed by atoms with van der Waals surface area (Å²) >= 11 is 3.36. The molecule has 1 aromatic heterocycles. The first kappa shape index (κ1) is 14.6. The van der Waals surface area contributed by atoms with Gasteiger partial charge in [0.15, 0.2) is 5.69 Å². The number of hydrogen-bond donors (Lipinski definition) is 1. The first-order valence-corrected chi connectivity index (χ1v) is 7.41. The van der Waals surface area contributed by atoms with Crippen LogP contribution in [0.4, 0.5) is 5.69 Å². The highest BCUT2D eigenvalue weighted by Crippen LogP contribution is 2.40. The molecule has 0 amide bonds. The average molecular weight is 361 g/mol. The molecule has 5 nitrogen and oxygen atoms in total. The number of fused-ring (bicyclic) bond motifs is 1. The maximum atomic E-state index is 11.1. The third-order valence-electron chi connectivity index (χ3n) is 3.58. The van der Waals surface area contributed by atoms with Crippen LogP contribution in [0.15, 0.2) is 52.1 Å². The van der Waals surface area contributed by atoms with Crippen LogP contribution in [0.1, 0.15) is 5.56 Å². The van der Waals surface area contributed by atoms with Gasteiger partial charge in [0.2, 0.25) is 5.88 Å². The minimum atomic E-state index is -0.144. The topological polar surface area (TPSA) is 63.8 Å². The van der Waals surface area contributed by atoms with Crippen LogP contribution < -0.4 is 4.74 Å². The van der Waals surface area contributed by atoms with Crippen molar-refractivity contribution in [1.82, 2.24) is 4.57 Å². The number of aromatic nitrogens is 1. The molecule has 0 bridgehead atoms. The summed E-state index contributed by atoms with van der Waals surface area (Å²) in [5.74, 6) is 0.579. The van der Waals surface area contributed by atoms with Gasteiger partial charge in [-0.1, -0.05) is 34.1 Å². The van der Waals surface area contributed by atoms with Crippen LogP contribution in [0.25, 0.3) is 10.9 Å². The number of benzene rings is 2. The first-order valence-electron chi connectivity index (χ1n) is 6.61.